The summed E-state index contributed by atoms with van der Waals surface area (Å²) in [6.45, 7) is 8.24. The van der Waals surface area contributed by atoms with E-state index >= 15 is 0 Å². The first-order valence-corrected chi connectivity index (χ1v) is 7.99. The summed E-state index contributed by atoms with van der Waals surface area (Å²) in [5.41, 5.74) is 0.971. The van der Waals surface area contributed by atoms with E-state index in [-0.39, 0.29) is 30.4 Å². The number of benzene rings is 1. The Hall–Kier alpha value is -2.34. The lowest BCUT2D eigenvalue weighted by Crippen LogP contribution is -2.45. The molecule has 0 spiro atoms. The maximum atomic E-state index is 12.4. The van der Waals surface area contributed by atoms with Gasteiger partial charge in [0.15, 0.2) is 5.76 Å². The summed E-state index contributed by atoms with van der Waals surface area (Å²) in [5, 5.41) is 6.23. The van der Waals surface area contributed by atoms with Gasteiger partial charge in [-0.05, 0) is 33.8 Å². The van der Waals surface area contributed by atoms with Crippen LogP contribution in [0.15, 0.2) is 28.7 Å². The number of furan rings is 1. The van der Waals surface area contributed by atoms with Crippen molar-refractivity contribution in [3.8, 4) is 0 Å². The molecule has 0 bridgehead atoms. The van der Waals surface area contributed by atoms with E-state index in [0.29, 0.717) is 17.8 Å². The number of hydrogen-bond donors (Lipinski definition) is 2. The summed E-state index contributed by atoms with van der Waals surface area (Å²) in [6.07, 6.45) is 0. The molecule has 2 rings (SSSR count). The third-order valence-corrected chi connectivity index (χ3v) is 3.28. The Balaban J connectivity index is 2.15. The van der Waals surface area contributed by atoms with Crippen LogP contribution in [0, 0.1) is 0 Å². The van der Waals surface area contributed by atoms with Crippen molar-refractivity contribution in [3.05, 3.63) is 35.6 Å². The molecule has 0 saturated heterocycles. The Morgan fingerprint density at radius 1 is 1.21 bits per heavy atom. The molecule has 0 saturated carbocycles. The summed E-state index contributed by atoms with van der Waals surface area (Å²) in [5.74, 6) is -0.489. The lowest BCUT2D eigenvalue weighted by molar-refractivity contribution is -0.121. The Morgan fingerprint density at radius 2 is 1.92 bits per heavy atom. The van der Waals surface area contributed by atoms with Crippen molar-refractivity contribution < 1.29 is 18.7 Å². The van der Waals surface area contributed by atoms with Crippen LogP contribution in [-0.2, 0) is 16.1 Å². The minimum atomic E-state index is -0.426. The number of rotatable bonds is 6. The summed E-state index contributed by atoms with van der Waals surface area (Å²) < 4.78 is 11.1. The van der Waals surface area contributed by atoms with Crippen molar-refractivity contribution in [3.63, 3.8) is 0 Å². The van der Waals surface area contributed by atoms with Gasteiger partial charge in [0.1, 0.15) is 5.58 Å². The van der Waals surface area contributed by atoms with E-state index < -0.39 is 5.91 Å². The summed E-state index contributed by atoms with van der Waals surface area (Å²) in [7, 11) is 0. The third kappa shape index (κ3) is 4.58. The van der Waals surface area contributed by atoms with Crippen molar-refractivity contribution in [2.24, 2.45) is 0 Å². The molecule has 1 heterocycles. The van der Waals surface area contributed by atoms with Gasteiger partial charge in [0.25, 0.3) is 5.91 Å². The van der Waals surface area contributed by atoms with E-state index in [1.807, 2.05) is 45.9 Å². The van der Waals surface area contributed by atoms with Gasteiger partial charge in [-0.15, -0.1) is 0 Å². The molecule has 24 heavy (non-hydrogen) atoms. The molecule has 2 N–H and O–H groups in total. The quantitative estimate of drug-likeness (QED) is 0.852. The number of carbonyl (C=O) groups is 2. The van der Waals surface area contributed by atoms with Gasteiger partial charge in [0.05, 0.1) is 13.2 Å². The van der Waals surface area contributed by atoms with Crippen LogP contribution in [0.2, 0.25) is 0 Å². The van der Waals surface area contributed by atoms with Crippen LogP contribution in [0.25, 0.3) is 11.0 Å². The monoisotopic (exact) mass is 332 g/mol. The van der Waals surface area contributed by atoms with Crippen LogP contribution < -0.4 is 10.6 Å². The molecular weight excluding hydrogens is 308 g/mol. The largest absolute Gasteiger partial charge is 0.451 e. The smallest absolute Gasteiger partial charge is 0.287 e. The van der Waals surface area contributed by atoms with Crippen LogP contribution >= 0.6 is 0 Å². The van der Waals surface area contributed by atoms with Gasteiger partial charge in [-0.3, -0.25) is 9.59 Å². The first-order chi connectivity index (χ1) is 11.3. The highest BCUT2D eigenvalue weighted by Crippen LogP contribution is 2.26. The Kier molecular flexibility index (Phi) is 5.62. The van der Waals surface area contributed by atoms with E-state index in [4.69, 9.17) is 9.15 Å². The first kappa shape index (κ1) is 18.0. The second-order valence-electron chi connectivity index (χ2n) is 6.52. The molecule has 0 radical (unpaired) electrons. The first-order valence-electron chi connectivity index (χ1n) is 7.99. The number of nitrogens with one attached hydrogen (secondary N) is 2. The van der Waals surface area contributed by atoms with E-state index in [2.05, 4.69) is 10.6 Å². The summed E-state index contributed by atoms with van der Waals surface area (Å²) in [6, 6.07) is 7.41. The topological polar surface area (TPSA) is 80.6 Å². The minimum absolute atomic E-state index is 0.110. The van der Waals surface area contributed by atoms with Crippen molar-refractivity contribution in [1.82, 2.24) is 10.6 Å². The Morgan fingerprint density at radius 3 is 2.58 bits per heavy atom. The molecule has 1 aromatic carbocycles. The molecule has 0 aliphatic rings. The zero-order chi connectivity index (χ0) is 17.7. The molecule has 6 heteroatoms. The van der Waals surface area contributed by atoms with E-state index in [1.165, 1.54) is 0 Å². The van der Waals surface area contributed by atoms with Crippen molar-refractivity contribution in [2.75, 3.05) is 13.2 Å². The van der Waals surface area contributed by atoms with Crippen molar-refractivity contribution in [1.29, 1.82) is 0 Å². The SMILES string of the molecule is CCOCc1c(C(=O)NCC(=O)NC(C)(C)C)oc2ccccc12. The van der Waals surface area contributed by atoms with Crippen molar-refractivity contribution in [2.45, 2.75) is 39.8 Å². The molecule has 2 aromatic rings. The number of para-hydroxylation sites is 1. The Bertz CT molecular complexity index is 728. The fourth-order valence-electron chi connectivity index (χ4n) is 2.33. The number of fused-ring (bicyclic) bond motifs is 1. The van der Waals surface area contributed by atoms with E-state index in [0.717, 1.165) is 5.39 Å². The van der Waals surface area contributed by atoms with Gasteiger partial charge < -0.3 is 19.8 Å². The van der Waals surface area contributed by atoms with Gasteiger partial charge in [0.2, 0.25) is 5.91 Å². The molecule has 2 amide bonds. The highest BCUT2D eigenvalue weighted by molar-refractivity contribution is 6.00. The van der Waals surface area contributed by atoms with Crippen LogP contribution in [0.3, 0.4) is 0 Å². The molecule has 0 aliphatic heterocycles. The number of ether oxygens (including phenoxy) is 1. The maximum Gasteiger partial charge on any atom is 0.287 e. The predicted molar refractivity (Wildman–Crippen MR) is 91.8 cm³/mol. The van der Waals surface area contributed by atoms with Crippen LogP contribution in [0.5, 0.6) is 0 Å². The van der Waals surface area contributed by atoms with Gasteiger partial charge >= 0.3 is 0 Å². The standard InChI is InChI=1S/C18H24N2O4/c1-5-23-11-13-12-8-6-7-9-14(12)24-16(13)17(22)19-10-15(21)20-18(2,3)4/h6-9H,5,10-11H2,1-4H3,(H,19,22)(H,20,21). The molecule has 0 unspecified atom stereocenters. The fraction of sp³-hybridized carbons (Fsp3) is 0.444. The van der Waals surface area contributed by atoms with Crippen LogP contribution in [0.1, 0.15) is 43.8 Å². The molecule has 130 valence electrons. The maximum absolute atomic E-state index is 12.4. The molecule has 0 aliphatic carbocycles. The second kappa shape index (κ2) is 7.49. The summed E-state index contributed by atoms with van der Waals surface area (Å²) in [4.78, 5) is 24.3. The van der Waals surface area contributed by atoms with Gasteiger partial charge in [-0.25, -0.2) is 0 Å². The van der Waals surface area contributed by atoms with Gasteiger partial charge in [-0.1, -0.05) is 18.2 Å². The minimum Gasteiger partial charge on any atom is -0.451 e. The Labute approximate surface area is 141 Å². The molecular formula is C18H24N2O4. The lowest BCUT2D eigenvalue weighted by Gasteiger charge is -2.20. The normalized spacial score (nSPS) is 11.5. The summed E-state index contributed by atoms with van der Waals surface area (Å²) >= 11 is 0. The molecule has 0 fully saturated rings. The highest BCUT2D eigenvalue weighted by Gasteiger charge is 2.21. The molecule has 6 nitrogen and oxygen atoms in total. The predicted octanol–water partition coefficient (Wildman–Crippen LogP) is 2.61. The highest BCUT2D eigenvalue weighted by atomic mass is 16.5. The van der Waals surface area contributed by atoms with Crippen molar-refractivity contribution >= 4 is 22.8 Å². The molecule has 1 aromatic heterocycles. The lowest BCUT2D eigenvalue weighted by atomic mass is 10.1. The average molecular weight is 332 g/mol. The van der Waals surface area contributed by atoms with E-state index in [1.54, 1.807) is 6.07 Å². The van der Waals surface area contributed by atoms with E-state index in [9.17, 15) is 9.59 Å². The fourth-order valence-corrected chi connectivity index (χ4v) is 2.33. The number of amides is 2. The zero-order valence-electron chi connectivity index (χ0n) is 14.6. The number of hydrogen-bond acceptors (Lipinski definition) is 4. The number of carbonyl (C=O) groups excluding carboxylic acids is 2. The van der Waals surface area contributed by atoms with Crippen LogP contribution in [-0.4, -0.2) is 30.5 Å². The molecule has 0 atom stereocenters. The van der Waals surface area contributed by atoms with Gasteiger partial charge in [-0.2, -0.15) is 0 Å². The average Bonchev–Trinajstić information content (AvgIpc) is 2.87. The second-order valence-corrected chi connectivity index (χ2v) is 6.52. The van der Waals surface area contributed by atoms with Gasteiger partial charge in [0, 0.05) is 23.1 Å². The third-order valence-electron chi connectivity index (χ3n) is 3.28. The van der Waals surface area contributed by atoms with Crippen LogP contribution in [0.4, 0.5) is 0 Å². The zero-order valence-corrected chi connectivity index (χ0v) is 14.6.